The number of likely N-dealkylation sites (N-methyl/N-ethyl adjacent to an activating group) is 1. The molecule has 0 bridgehead atoms. The maximum atomic E-state index is 14.9. The Morgan fingerprint density at radius 3 is 2.76 bits per heavy atom. The summed E-state index contributed by atoms with van der Waals surface area (Å²) in [6, 6.07) is 5.99. The highest BCUT2D eigenvalue weighted by Crippen LogP contribution is 2.32. The number of benzene rings is 1. The van der Waals surface area contributed by atoms with E-state index in [0.29, 0.717) is 30.8 Å². The number of nitrogens with zero attached hydrogens (tertiary/aromatic N) is 3. The quantitative estimate of drug-likeness (QED) is 0.669. The molecular weight excluding hydrogens is 378 g/mol. The molecule has 1 aliphatic heterocycles. The molecule has 1 N–H and O–H groups in total. The number of morpholine rings is 1. The fourth-order valence-electron chi connectivity index (χ4n) is 3.75. The molecule has 1 aliphatic rings. The van der Waals surface area contributed by atoms with E-state index < -0.39 is 11.6 Å². The molecule has 1 aromatic carbocycles. The Labute approximate surface area is 167 Å². The molecule has 1 unspecified atom stereocenters. The van der Waals surface area contributed by atoms with Gasteiger partial charge in [0.2, 0.25) is 6.41 Å². The number of halogens is 2. The number of nitrogens with one attached hydrogen (secondary N) is 1. The fourth-order valence-corrected chi connectivity index (χ4v) is 3.75. The number of ether oxygens (including phenoxy) is 1. The van der Waals surface area contributed by atoms with Crippen LogP contribution in [0.2, 0.25) is 0 Å². The monoisotopic (exact) mass is 400 g/mol. The van der Waals surface area contributed by atoms with Gasteiger partial charge in [-0.2, -0.15) is 0 Å². The maximum absolute atomic E-state index is 14.9. The van der Waals surface area contributed by atoms with Crippen molar-refractivity contribution in [2.45, 2.75) is 19.4 Å². The average Bonchev–Trinajstić information content (AvgIpc) is 2.98. The zero-order valence-corrected chi connectivity index (χ0v) is 16.3. The van der Waals surface area contributed by atoms with Gasteiger partial charge in [0.15, 0.2) is 0 Å². The van der Waals surface area contributed by atoms with Gasteiger partial charge in [-0.25, -0.2) is 13.8 Å². The molecule has 2 aromatic heterocycles. The predicted octanol–water partition coefficient (Wildman–Crippen LogP) is 3.03. The molecule has 0 radical (unpaired) electrons. The van der Waals surface area contributed by atoms with Gasteiger partial charge in [-0.15, -0.1) is 0 Å². The molecule has 6 nitrogen and oxygen atoms in total. The van der Waals surface area contributed by atoms with E-state index in [4.69, 9.17) is 4.74 Å². The highest BCUT2D eigenvalue weighted by Gasteiger charge is 2.26. The third-order valence-corrected chi connectivity index (χ3v) is 5.15. The van der Waals surface area contributed by atoms with Gasteiger partial charge in [-0.1, -0.05) is 0 Å². The number of anilines is 1. The van der Waals surface area contributed by atoms with Gasteiger partial charge in [0, 0.05) is 31.4 Å². The number of hydrogen-bond acceptors (Lipinski definition) is 4. The summed E-state index contributed by atoms with van der Waals surface area (Å²) in [4.78, 5) is 17.3. The summed E-state index contributed by atoms with van der Waals surface area (Å²) in [5, 5.41) is 2.28. The number of aryl methyl sites for hydroxylation is 1. The van der Waals surface area contributed by atoms with Crippen LogP contribution in [0.15, 0.2) is 30.5 Å². The Hall–Kier alpha value is -2.84. The molecule has 4 rings (SSSR count). The van der Waals surface area contributed by atoms with Crippen molar-refractivity contribution in [2.24, 2.45) is 0 Å². The van der Waals surface area contributed by atoms with Gasteiger partial charge in [-0.05, 0) is 43.8 Å². The Balaban J connectivity index is 1.84. The fraction of sp³-hybridized carbons (Fsp3) is 0.333. The smallest absolute Gasteiger partial charge is 0.211 e. The molecule has 1 amide bonds. The Morgan fingerprint density at radius 1 is 1.31 bits per heavy atom. The topological polar surface area (TPSA) is 58.9 Å². The van der Waals surface area contributed by atoms with Gasteiger partial charge < -0.3 is 19.4 Å². The van der Waals surface area contributed by atoms with Crippen molar-refractivity contribution in [2.75, 3.05) is 32.1 Å². The molecule has 3 heterocycles. The molecule has 1 fully saturated rings. The van der Waals surface area contributed by atoms with Gasteiger partial charge in [-0.3, -0.25) is 4.79 Å². The molecule has 152 valence electrons. The van der Waals surface area contributed by atoms with Crippen molar-refractivity contribution in [1.29, 1.82) is 0 Å². The van der Waals surface area contributed by atoms with Crippen molar-refractivity contribution in [3.8, 4) is 11.3 Å². The van der Waals surface area contributed by atoms with Crippen LogP contribution >= 0.6 is 0 Å². The molecule has 0 aliphatic carbocycles. The second-order valence-electron chi connectivity index (χ2n) is 7.38. The van der Waals surface area contributed by atoms with E-state index in [0.717, 1.165) is 30.8 Å². The average molecular weight is 400 g/mol. The van der Waals surface area contributed by atoms with Crippen LogP contribution in [0, 0.1) is 18.6 Å². The molecule has 3 aromatic rings. The molecular formula is C21H22F2N4O2. The Kier molecular flexibility index (Phi) is 5.29. The SMILES string of the molecule is Cc1ccn2c(CC3CN(C)CCO3)c(-c3c(F)cc(NC=O)cc3F)nc2c1. The van der Waals surface area contributed by atoms with E-state index >= 15 is 0 Å². The summed E-state index contributed by atoms with van der Waals surface area (Å²) < 4.78 is 37.5. The number of amides is 1. The van der Waals surface area contributed by atoms with Crippen LogP contribution in [0.25, 0.3) is 16.9 Å². The minimum atomic E-state index is -0.780. The molecule has 0 spiro atoms. The van der Waals surface area contributed by atoms with Gasteiger partial charge in [0.25, 0.3) is 0 Å². The lowest BCUT2D eigenvalue weighted by molar-refractivity contribution is -0.105. The standard InChI is InChI=1S/C21H22F2N4O2/c1-13-3-4-27-18(10-15-11-26(2)5-6-29-15)21(25-19(27)7-13)20-16(22)8-14(24-12-28)9-17(20)23/h3-4,7-9,12,15H,5-6,10-11H2,1-2H3,(H,24,28). The second kappa shape index (κ2) is 7.88. The lowest BCUT2D eigenvalue weighted by Gasteiger charge is -2.30. The normalized spacial score (nSPS) is 17.6. The van der Waals surface area contributed by atoms with Crippen LogP contribution in [-0.2, 0) is 16.0 Å². The zero-order valence-electron chi connectivity index (χ0n) is 16.3. The van der Waals surface area contributed by atoms with E-state index in [2.05, 4.69) is 15.2 Å². The number of carbonyl (C=O) groups excluding carboxylic acids is 1. The third-order valence-electron chi connectivity index (χ3n) is 5.15. The molecule has 1 atom stereocenters. The van der Waals surface area contributed by atoms with Crippen molar-refractivity contribution in [1.82, 2.24) is 14.3 Å². The van der Waals surface area contributed by atoms with E-state index in [1.165, 1.54) is 0 Å². The highest BCUT2D eigenvalue weighted by molar-refractivity contribution is 5.75. The van der Waals surface area contributed by atoms with E-state index in [1.807, 2.05) is 36.7 Å². The minimum absolute atomic E-state index is 0.0529. The van der Waals surface area contributed by atoms with Crippen molar-refractivity contribution < 1.29 is 18.3 Å². The van der Waals surface area contributed by atoms with Crippen LogP contribution in [0.5, 0.6) is 0 Å². The number of hydrogen-bond donors (Lipinski definition) is 1. The van der Waals surface area contributed by atoms with Crippen LogP contribution in [-0.4, -0.2) is 53.5 Å². The van der Waals surface area contributed by atoms with Gasteiger partial charge in [0.1, 0.15) is 17.3 Å². The molecule has 8 heteroatoms. The van der Waals surface area contributed by atoms with Crippen molar-refractivity contribution in [3.05, 3.63) is 53.4 Å². The molecule has 29 heavy (non-hydrogen) atoms. The zero-order chi connectivity index (χ0) is 20.5. The third kappa shape index (κ3) is 3.86. The van der Waals surface area contributed by atoms with Crippen molar-refractivity contribution in [3.63, 3.8) is 0 Å². The number of rotatable bonds is 5. The van der Waals surface area contributed by atoms with Gasteiger partial charge >= 0.3 is 0 Å². The summed E-state index contributed by atoms with van der Waals surface area (Å²) >= 11 is 0. The highest BCUT2D eigenvalue weighted by atomic mass is 19.1. The second-order valence-corrected chi connectivity index (χ2v) is 7.38. The van der Waals surface area contributed by atoms with Crippen LogP contribution in [0.4, 0.5) is 14.5 Å². The first-order valence-corrected chi connectivity index (χ1v) is 9.43. The predicted molar refractivity (Wildman–Crippen MR) is 106 cm³/mol. The number of fused-ring (bicyclic) bond motifs is 1. The Morgan fingerprint density at radius 2 is 2.07 bits per heavy atom. The summed E-state index contributed by atoms with van der Waals surface area (Å²) in [5.74, 6) is -1.56. The summed E-state index contributed by atoms with van der Waals surface area (Å²) in [6.45, 7) is 4.13. The summed E-state index contributed by atoms with van der Waals surface area (Å²) in [7, 11) is 2.02. The number of imidazole rings is 1. The first-order valence-electron chi connectivity index (χ1n) is 9.43. The van der Waals surface area contributed by atoms with Crippen LogP contribution < -0.4 is 5.32 Å². The van der Waals surface area contributed by atoms with E-state index in [9.17, 15) is 13.6 Å². The number of carbonyl (C=O) groups is 1. The number of pyridine rings is 1. The first-order chi connectivity index (χ1) is 14.0. The molecule has 0 saturated carbocycles. The van der Waals surface area contributed by atoms with Crippen LogP contribution in [0.3, 0.4) is 0 Å². The lowest BCUT2D eigenvalue weighted by Crippen LogP contribution is -2.41. The Bertz CT molecular complexity index is 1040. The lowest BCUT2D eigenvalue weighted by atomic mass is 10.0. The van der Waals surface area contributed by atoms with Crippen LogP contribution in [0.1, 0.15) is 11.3 Å². The van der Waals surface area contributed by atoms with E-state index in [1.54, 1.807) is 0 Å². The van der Waals surface area contributed by atoms with Gasteiger partial charge in [0.05, 0.1) is 29.7 Å². The largest absolute Gasteiger partial charge is 0.375 e. The maximum Gasteiger partial charge on any atom is 0.211 e. The van der Waals surface area contributed by atoms with E-state index in [-0.39, 0.29) is 23.0 Å². The summed E-state index contributed by atoms with van der Waals surface area (Å²) in [5.41, 5.74) is 2.40. The first kappa shape index (κ1) is 19.5. The minimum Gasteiger partial charge on any atom is -0.375 e. The summed E-state index contributed by atoms with van der Waals surface area (Å²) in [6.07, 6.45) is 2.61. The molecule has 1 saturated heterocycles. The number of aromatic nitrogens is 2. The van der Waals surface area contributed by atoms with Crippen molar-refractivity contribution >= 4 is 17.7 Å².